The third kappa shape index (κ3) is 3.19. The van der Waals surface area contributed by atoms with Gasteiger partial charge in [-0.05, 0) is 6.07 Å². The van der Waals surface area contributed by atoms with Crippen molar-refractivity contribution in [2.45, 2.75) is 6.18 Å². The lowest BCUT2D eigenvalue weighted by Gasteiger charge is -2.13. The molecule has 0 aliphatic heterocycles. The summed E-state index contributed by atoms with van der Waals surface area (Å²) < 4.78 is 48.8. The lowest BCUT2D eigenvalue weighted by atomic mass is 10.0. The Morgan fingerprint density at radius 2 is 1.82 bits per heavy atom. The van der Waals surface area contributed by atoms with Crippen LogP contribution in [0.3, 0.4) is 0 Å². The Morgan fingerprint density at radius 3 is 2.41 bits per heavy atom. The minimum Gasteiger partial charge on any atom is -0.497 e. The minimum absolute atomic E-state index is 0.0207. The van der Waals surface area contributed by atoms with Crippen LogP contribution < -0.4 is 4.74 Å². The molecule has 1 aromatic heterocycles. The third-order valence-corrected chi connectivity index (χ3v) is 2.94. The lowest BCUT2D eigenvalue weighted by Crippen LogP contribution is -2.09. The molecule has 0 unspecified atom stereocenters. The highest BCUT2D eigenvalue weighted by Crippen LogP contribution is 2.37. The van der Waals surface area contributed by atoms with Gasteiger partial charge in [-0.25, -0.2) is 9.78 Å². The Bertz CT molecular complexity index is 699. The number of halogens is 3. The Labute approximate surface area is 124 Å². The highest BCUT2D eigenvalue weighted by Gasteiger charge is 2.33. The van der Waals surface area contributed by atoms with Gasteiger partial charge in [0.2, 0.25) is 0 Å². The molecule has 22 heavy (non-hydrogen) atoms. The van der Waals surface area contributed by atoms with Crippen molar-refractivity contribution in [3.63, 3.8) is 0 Å². The summed E-state index contributed by atoms with van der Waals surface area (Å²) in [6.07, 6.45) is -4.53. The van der Waals surface area contributed by atoms with E-state index < -0.39 is 17.7 Å². The van der Waals surface area contributed by atoms with Gasteiger partial charge < -0.3 is 9.47 Å². The first-order chi connectivity index (χ1) is 10.4. The highest BCUT2D eigenvalue weighted by atomic mass is 19.4. The molecule has 0 aliphatic rings. The van der Waals surface area contributed by atoms with Crippen LogP contribution >= 0.6 is 0 Å². The quantitative estimate of drug-likeness (QED) is 0.813. The highest BCUT2D eigenvalue weighted by molar-refractivity contribution is 5.88. The molecule has 1 heterocycles. The Morgan fingerprint density at radius 1 is 1.14 bits per heavy atom. The van der Waals surface area contributed by atoms with E-state index in [9.17, 15) is 18.0 Å². The predicted octanol–water partition coefficient (Wildman–Crippen LogP) is 3.56. The number of benzene rings is 1. The number of methoxy groups -OCH3 is 2. The molecule has 0 saturated carbocycles. The van der Waals surface area contributed by atoms with Crippen LogP contribution in [0.1, 0.15) is 16.1 Å². The normalized spacial score (nSPS) is 11.1. The van der Waals surface area contributed by atoms with Gasteiger partial charge in [0.25, 0.3) is 0 Å². The van der Waals surface area contributed by atoms with Crippen LogP contribution in [0.15, 0.2) is 36.4 Å². The summed E-state index contributed by atoms with van der Waals surface area (Å²) in [6.45, 7) is 0. The van der Waals surface area contributed by atoms with Crippen molar-refractivity contribution in [2.75, 3.05) is 14.2 Å². The van der Waals surface area contributed by atoms with Crippen molar-refractivity contribution < 1.29 is 27.4 Å². The van der Waals surface area contributed by atoms with Gasteiger partial charge in [0.05, 0.1) is 25.5 Å². The maximum absolute atomic E-state index is 13.1. The summed E-state index contributed by atoms with van der Waals surface area (Å²) >= 11 is 0. The monoisotopic (exact) mass is 311 g/mol. The molecule has 0 saturated heterocycles. The average Bonchev–Trinajstić information content (AvgIpc) is 2.52. The standard InChI is InChI=1S/C15H12F3NO3/c1-21-9-7-12(19-13(8-9)14(20)22-2)10-5-3-4-6-11(10)15(16,17)18/h3-8H,1-2H3. The molecule has 0 fully saturated rings. The predicted molar refractivity (Wildman–Crippen MR) is 72.6 cm³/mol. The number of alkyl halides is 3. The second-order valence-electron chi connectivity index (χ2n) is 4.31. The molecule has 7 heteroatoms. The van der Waals surface area contributed by atoms with Crippen LogP contribution in [-0.4, -0.2) is 25.2 Å². The van der Waals surface area contributed by atoms with Crippen LogP contribution in [0.25, 0.3) is 11.3 Å². The van der Waals surface area contributed by atoms with Crippen molar-refractivity contribution in [1.29, 1.82) is 0 Å². The first-order valence-electron chi connectivity index (χ1n) is 6.18. The number of aromatic nitrogens is 1. The van der Waals surface area contributed by atoms with E-state index in [1.54, 1.807) is 0 Å². The molecule has 0 radical (unpaired) electrons. The third-order valence-electron chi connectivity index (χ3n) is 2.94. The topological polar surface area (TPSA) is 48.4 Å². The second kappa shape index (κ2) is 6.05. The fourth-order valence-electron chi connectivity index (χ4n) is 1.92. The van der Waals surface area contributed by atoms with Crippen LogP contribution in [0, 0.1) is 0 Å². The van der Waals surface area contributed by atoms with Crippen molar-refractivity contribution in [3.8, 4) is 17.0 Å². The van der Waals surface area contributed by atoms with Gasteiger partial charge in [0, 0.05) is 17.7 Å². The van der Waals surface area contributed by atoms with Gasteiger partial charge in [-0.15, -0.1) is 0 Å². The minimum atomic E-state index is -4.53. The molecule has 4 nitrogen and oxygen atoms in total. The van der Waals surface area contributed by atoms with E-state index in [1.807, 2.05) is 0 Å². The zero-order valence-corrected chi connectivity index (χ0v) is 11.8. The van der Waals surface area contributed by atoms with Gasteiger partial charge in [-0.3, -0.25) is 0 Å². The van der Waals surface area contributed by atoms with Gasteiger partial charge >= 0.3 is 12.1 Å². The number of pyridine rings is 1. The Kier molecular flexibility index (Phi) is 4.35. The molecule has 1 aromatic carbocycles. The molecular weight excluding hydrogens is 299 g/mol. The van der Waals surface area contributed by atoms with E-state index in [-0.39, 0.29) is 22.7 Å². The molecular formula is C15H12F3NO3. The Balaban J connectivity index is 2.65. The van der Waals surface area contributed by atoms with E-state index in [0.29, 0.717) is 0 Å². The number of hydrogen-bond donors (Lipinski definition) is 0. The average molecular weight is 311 g/mol. The molecule has 0 bridgehead atoms. The van der Waals surface area contributed by atoms with E-state index in [1.165, 1.54) is 37.4 Å². The van der Waals surface area contributed by atoms with Crippen LogP contribution in [0.5, 0.6) is 5.75 Å². The van der Waals surface area contributed by atoms with Gasteiger partial charge in [0.1, 0.15) is 5.75 Å². The first kappa shape index (κ1) is 15.8. The fourth-order valence-corrected chi connectivity index (χ4v) is 1.92. The zero-order chi connectivity index (χ0) is 16.3. The number of ether oxygens (including phenoxy) is 2. The maximum Gasteiger partial charge on any atom is 0.417 e. The summed E-state index contributed by atoms with van der Waals surface area (Å²) in [6, 6.07) is 7.61. The van der Waals surface area contributed by atoms with Gasteiger partial charge in [0.15, 0.2) is 5.69 Å². The van der Waals surface area contributed by atoms with Crippen LogP contribution in [0.4, 0.5) is 13.2 Å². The van der Waals surface area contributed by atoms with E-state index >= 15 is 0 Å². The van der Waals surface area contributed by atoms with Crippen molar-refractivity contribution in [1.82, 2.24) is 4.98 Å². The smallest absolute Gasteiger partial charge is 0.417 e. The number of nitrogens with zero attached hydrogens (tertiary/aromatic N) is 1. The molecule has 2 rings (SSSR count). The number of esters is 1. The first-order valence-corrected chi connectivity index (χ1v) is 6.18. The number of rotatable bonds is 3. The number of carbonyl (C=O) groups is 1. The summed E-state index contributed by atoms with van der Waals surface area (Å²) in [5, 5.41) is 0. The van der Waals surface area contributed by atoms with E-state index in [0.717, 1.165) is 13.2 Å². The largest absolute Gasteiger partial charge is 0.497 e. The van der Waals surface area contributed by atoms with Gasteiger partial charge in [-0.1, -0.05) is 18.2 Å². The lowest BCUT2D eigenvalue weighted by molar-refractivity contribution is -0.137. The number of carbonyl (C=O) groups excluding carboxylic acids is 1. The van der Waals surface area contributed by atoms with Gasteiger partial charge in [-0.2, -0.15) is 13.2 Å². The zero-order valence-electron chi connectivity index (χ0n) is 11.8. The summed E-state index contributed by atoms with van der Waals surface area (Å²) in [5.41, 5.74) is -1.13. The molecule has 0 aliphatic carbocycles. The van der Waals surface area contributed by atoms with E-state index in [2.05, 4.69) is 9.72 Å². The molecule has 2 aromatic rings. The number of hydrogen-bond acceptors (Lipinski definition) is 4. The maximum atomic E-state index is 13.1. The van der Waals surface area contributed by atoms with Crippen LogP contribution in [0.2, 0.25) is 0 Å². The molecule has 116 valence electrons. The molecule has 0 N–H and O–H groups in total. The summed E-state index contributed by atoms with van der Waals surface area (Å²) in [4.78, 5) is 15.5. The summed E-state index contributed by atoms with van der Waals surface area (Å²) in [5.74, 6) is -0.549. The van der Waals surface area contributed by atoms with E-state index in [4.69, 9.17) is 4.74 Å². The van der Waals surface area contributed by atoms with Crippen molar-refractivity contribution in [2.24, 2.45) is 0 Å². The van der Waals surface area contributed by atoms with Crippen molar-refractivity contribution >= 4 is 5.97 Å². The molecule has 0 atom stereocenters. The van der Waals surface area contributed by atoms with Crippen molar-refractivity contribution in [3.05, 3.63) is 47.7 Å². The molecule has 0 spiro atoms. The van der Waals surface area contributed by atoms with Crippen LogP contribution in [-0.2, 0) is 10.9 Å². The fraction of sp³-hybridized carbons (Fsp3) is 0.200. The second-order valence-corrected chi connectivity index (χ2v) is 4.31. The SMILES string of the molecule is COC(=O)c1cc(OC)cc(-c2ccccc2C(F)(F)F)n1. The summed E-state index contributed by atoms with van der Waals surface area (Å²) in [7, 11) is 2.50. The molecule has 0 amide bonds. The Hall–Kier alpha value is -2.57.